The molecule has 4 heterocycles. The minimum Gasteiger partial charge on any atom is -0.497 e. The summed E-state index contributed by atoms with van der Waals surface area (Å²) in [6.45, 7) is 3.60. The number of aryl methyl sites for hydroxylation is 2. The molecular weight excluding hydrogens is 364 g/mol. The standard InChI is InChI=1S/C18H14N6O2S/c1-9-15-13(24-17(19-9)20-10(2)22-24)6-7-23(16(15)25)18-21-12-5-4-11(26-3)8-14(12)27-18/h4-8H,1-3H3. The van der Waals surface area contributed by atoms with Gasteiger partial charge in [-0.25, -0.2) is 9.97 Å². The summed E-state index contributed by atoms with van der Waals surface area (Å²) in [6.07, 6.45) is 1.72. The number of benzene rings is 1. The first kappa shape index (κ1) is 15.9. The average molecular weight is 378 g/mol. The molecule has 9 heteroatoms. The highest BCUT2D eigenvalue weighted by molar-refractivity contribution is 7.20. The van der Waals surface area contributed by atoms with Crippen LogP contribution in [0.2, 0.25) is 0 Å². The van der Waals surface area contributed by atoms with Crippen LogP contribution in [0.4, 0.5) is 0 Å². The highest BCUT2D eigenvalue weighted by atomic mass is 32.1. The van der Waals surface area contributed by atoms with E-state index in [-0.39, 0.29) is 5.56 Å². The third-order valence-electron chi connectivity index (χ3n) is 4.41. The zero-order valence-corrected chi connectivity index (χ0v) is 15.6. The molecule has 0 atom stereocenters. The van der Waals surface area contributed by atoms with Gasteiger partial charge in [0.05, 0.1) is 33.9 Å². The van der Waals surface area contributed by atoms with Crippen LogP contribution in [0, 0.1) is 13.8 Å². The summed E-state index contributed by atoms with van der Waals surface area (Å²) in [6, 6.07) is 7.50. The topological polar surface area (TPSA) is 87.2 Å². The van der Waals surface area contributed by atoms with Crippen molar-refractivity contribution in [2.24, 2.45) is 0 Å². The van der Waals surface area contributed by atoms with Gasteiger partial charge >= 0.3 is 0 Å². The van der Waals surface area contributed by atoms with Crippen LogP contribution in [0.1, 0.15) is 11.5 Å². The second-order valence-corrected chi connectivity index (χ2v) is 7.16. The fraction of sp³-hybridized carbons (Fsp3) is 0.167. The molecule has 4 aromatic heterocycles. The Morgan fingerprint density at radius 2 is 1.96 bits per heavy atom. The van der Waals surface area contributed by atoms with Gasteiger partial charge in [-0.3, -0.25) is 9.36 Å². The van der Waals surface area contributed by atoms with Crippen molar-refractivity contribution in [3.05, 3.63) is 52.3 Å². The van der Waals surface area contributed by atoms with Crippen molar-refractivity contribution in [3.8, 4) is 10.9 Å². The molecule has 0 aliphatic rings. The van der Waals surface area contributed by atoms with Gasteiger partial charge in [0, 0.05) is 6.20 Å². The lowest BCUT2D eigenvalue weighted by Gasteiger charge is -2.06. The number of hydrogen-bond acceptors (Lipinski definition) is 7. The van der Waals surface area contributed by atoms with Crippen molar-refractivity contribution in [1.29, 1.82) is 0 Å². The summed E-state index contributed by atoms with van der Waals surface area (Å²) >= 11 is 1.43. The average Bonchev–Trinajstić information content (AvgIpc) is 3.23. The maximum Gasteiger partial charge on any atom is 0.268 e. The molecule has 0 unspecified atom stereocenters. The third kappa shape index (κ3) is 2.32. The van der Waals surface area contributed by atoms with Crippen LogP contribution in [0.5, 0.6) is 5.75 Å². The van der Waals surface area contributed by atoms with Crippen molar-refractivity contribution in [2.75, 3.05) is 7.11 Å². The maximum atomic E-state index is 13.2. The van der Waals surface area contributed by atoms with Crippen LogP contribution in [-0.2, 0) is 0 Å². The van der Waals surface area contributed by atoms with Crippen LogP contribution in [0.25, 0.3) is 32.0 Å². The Bertz CT molecular complexity index is 1410. The number of fused-ring (bicyclic) bond motifs is 4. The molecule has 0 spiro atoms. The molecule has 0 aliphatic heterocycles. The van der Waals surface area contributed by atoms with E-state index in [4.69, 9.17) is 4.74 Å². The molecule has 0 amide bonds. The van der Waals surface area contributed by atoms with Crippen molar-refractivity contribution >= 4 is 38.2 Å². The van der Waals surface area contributed by atoms with E-state index in [1.165, 1.54) is 11.3 Å². The minimum absolute atomic E-state index is 0.182. The van der Waals surface area contributed by atoms with E-state index in [0.717, 1.165) is 16.0 Å². The molecule has 1 aromatic carbocycles. The second-order valence-electron chi connectivity index (χ2n) is 6.15. The number of rotatable bonds is 2. The molecule has 5 rings (SSSR count). The number of pyridine rings is 1. The van der Waals surface area contributed by atoms with Crippen molar-refractivity contribution in [3.63, 3.8) is 0 Å². The van der Waals surface area contributed by atoms with E-state index in [0.29, 0.717) is 33.3 Å². The van der Waals surface area contributed by atoms with Gasteiger partial charge in [0.2, 0.25) is 0 Å². The smallest absolute Gasteiger partial charge is 0.268 e. The Morgan fingerprint density at radius 3 is 2.78 bits per heavy atom. The molecule has 0 saturated heterocycles. The summed E-state index contributed by atoms with van der Waals surface area (Å²) in [5.74, 6) is 1.85. The fourth-order valence-corrected chi connectivity index (χ4v) is 4.14. The van der Waals surface area contributed by atoms with Crippen molar-refractivity contribution in [1.82, 2.24) is 29.1 Å². The van der Waals surface area contributed by atoms with E-state index in [1.54, 1.807) is 36.2 Å². The SMILES string of the molecule is COc1ccc2nc(-n3ccc4c(c(C)nc5nc(C)nn54)c3=O)sc2c1. The normalized spacial score (nSPS) is 11.7. The molecule has 0 bridgehead atoms. The molecule has 8 nitrogen and oxygen atoms in total. The van der Waals surface area contributed by atoms with Gasteiger partial charge in [0.15, 0.2) is 5.13 Å². The number of hydrogen-bond donors (Lipinski definition) is 0. The molecule has 0 saturated carbocycles. The number of thiazole rings is 1. The highest BCUT2D eigenvalue weighted by Crippen LogP contribution is 2.28. The van der Waals surface area contributed by atoms with E-state index in [1.807, 2.05) is 24.3 Å². The summed E-state index contributed by atoms with van der Waals surface area (Å²) in [5.41, 5.74) is 1.94. The van der Waals surface area contributed by atoms with Gasteiger partial charge in [-0.2, -0.15) is 9.50 Å². The highest BCUT2D eigenvalue weighted by Gasteiger charge is 2.16. The number of ether oxygens (including phenoxy) is 1. The first-order chi connectivity index (χ1) is 13.0. The predicted octanol–water partition coefficient (Wildman–Crippen LogP) is 2.66. The Balaban J connectivity index is 1.79. The lowest BCUT2D eigenvalue weighted by molar-refractivity contribution is 0.415. The molecule has 0 radical (unpaired) electrons. The van der Waals surface area contributed by atoms with E-state index >= 15 is 0 Å². The Hall–Kier alpha value is -3.33. The molecule has 134 valence electrons. The van der Waals surface area contributed by atoms with E-state index < -0.39 is 0 Å². The van der Waals surface area contributed by atoms with Gasteiger partial charge in [0.25, 0.3) is 11.3 Å². The van der Waals surface area contributed by atoms with Crippen LogP contribution >= 0.6 is 11.3 Å². The first-order valence-electron chi connectivity index (χ1n) is 8.25. The van der Waals surface area contributed by atoms with Crippen LogP contribution < -0.4 is 10.3 Å². The molecule has 0 N–H and O–H groups in total. The van der Waals surface area contributed by atoms with Crippen molar-refractivity contribution < 1.29 is 4.74 Å². The van der Waals surface area contributed by atoms with E-state index in [2.05, 4.69) is 20.1 Å². The van der Waals surface area contributed by atoms with Gasteiger partial charge in [0.1, 0.15) is 11.6 Å². The summed E-state index contributed by atoms with van der Waals surface area (Å²) in [7, 11) is 1.62. The van der Waals surface area contributed by atoms with Crippen LogP contribution in [0.3, 0.4) is 0 Å². The Kier molecular flexibility index (Phi) is 3.28. The quantitative estimate of drug-likeness (QED) is 0.469. The Labute approximate surface area is 156 Å². The summed E-state index contributed by atoms with van der Waals surface area (Å²) in [4.78, 5) is 26.5. The fourth-order valence-electron chi connectivity index (χ4n) is 3.16. The first-order valence-corrected chi connectivity index (χ1v) is 9.07. The number of methoxy groups -OCH3 is 1. The zero-order chi connectivity index (χ0) is 18.7. The number of aromatic nitrogens is 6. The van der Waals surface area contributed by atoms with Gasteiger partial charge < -0.3 is 4.74 Å². The van der Waals surface area contributed by atoms with Crippen LogP contribution in [0.15, 0.2) is 35.3 Å². The molecule has 0 aliphatic carbocycles. The van der Waals surface area contributed by atoms with Gasteiger partial charge in [-0.1, -0.05) is 11.3 Å². The minimum atomic E-state index is -0.182. The molecule has 5 aromatic rings. The van der Waals surface area contributed by atoms with Gasteiger partial charge in [-0.05, 0) is 38.1 Å². The Morgan fingerprint density at radius 1 is 1.11 bits per heavy atom. The number of nitrogens with zero attached hydrogens (tertiary/aromatic N) is 6. The second kappa shape index (κ2) is 5.58. The van der Waals surface area contributed by atoms with Gasteiger partial charge in [-0.15, -0.1) is 5.10 Å². The summed E-state index contributed by atoms with van der Waals surface area (Å²) in [5, 5.41) is 5.45. The predicted molar refractivity (Wildman–Crippen MR) is 103 cm³/mol. The lowest BCUT2D eigenvalue weighted by Crippen LogP contribution is -2.20. The van der Waals surface area contributed by atoms with E-state index in [9.17, 15) is 4.79 Å². The largest absolute Gasteiger partial charge is 0.497 e. The van der Waals surface area contributed by atoms with Crippen molar-refractivity contribution in [2.45, 2.75) is 13.8 Å². The molecular formula is C18H14N6O2S. The maximum absolute atomic E-state index is 13.2. The summed E-state index contributed by atoms with van der Waals surface area (Å²) < 4.78 is 9.37. The van der Waals surface area contributed by atoms with Crippen LogP contribution in [-0.4, -0.2) is 36.2 Å². The monoisotopic (exact) mass is 378 g/mol. The lowest BCUT2D eigenvalue weighted by atomic mass is 10.2. The third-order valence-corrected chi connectivity index (χ3v) is 5.43. The zero-order valence-electron chi connectivity index (χ0n) is 14.8. The molecule has 0 fully saturated rings. The molecule has 27 heavy (non-hydrogen) atoms.